The normalized spacial score (nSPS) is 11.7. The van der Waals surface area contributed by atoms with Crippen LogP contribution in [0.2, 0.25) is 0 Å². The number of nitrogens with one attached hydrogen (secondary N) is 4. The summed E-state index contributed by atoms with van der Waals surface area (Å²) in [4.78, 5) is 41.9. The highest BCUT2D eigenvalue weighted by molar-refractivity contribution is 5.97. The molecule has 416 valence electrons. The van der Waals surface area contributed by atoms with Crippen molar-refractivity contribution in [3.8, 4) is 5.75 Å². The zero-order valence-corrected chi connectivity index (χ0v) is 43.7. The Bertz CT molecular complexity index is 2150. The van der Waals surface area contributed by atoms with Gasteiger partial charge in [-0.3, -0.25) is 19.7 Å². The van der Waals surface area contributed by atoms with Gasteiger partial charge in [-0.1, -0.05) is 90.0 Å². The van der Waals surface area contributed by atoms with E-state index in [2.05, 4.69) is 67.7 Å². The number of ether oxygens (including phenoxy) is 10. The van der Waals surface area contributed by atoms with E-state index in [1.807, 2.05) is 48.5 Å². The third kappa shape index (κ3) is 25.7. The van der Waals surface area contributed by atoms with Crippen molar-refractivity contribution in [2.45, 2.75) is 37.5 Å². The van der Waals surface area contributed by atoms with Gasteiger partial charge in [0, 0.05) is 23.7 Å². The van der Waals surface area contributed by atoms with Crippen LogP contribution in [0.1, 0.15) is 41.5 Å². The van der Waals surface area contributed by atoms with E-state index in [1.54, 1.807) is 31.4 Å². The second kappa shape index (κ2) is 40.2. The molecule has 1 unspecified atom stereocenters. The first kappa shape index (κ1) is 62.5. The third-order valence-electron chi connectivity index (χ3n) is 11.3. The van der Waals surface area contributed by atoms with E-state index in [4.69, 9.17) is 52.9 Å². The molecular weight excluding hydrogens is 983 g/mol. The SMILES string of the molecule is COc1ccc(C(NCCCCC(NC(=O)COCC(=O)NCCOCCOCCOCCOCCOCCOCCOCCOCCN=[N+]=[N-])C(=O)Nc2ccc(CO)cc2)(c2ccccc2)c2ccccc2)cc1. The van der Waals surface area contributed by atoms with Crippen LogP contribution in [0.3, 0.4) is 0 Å². The number of carbonyl (C=O) groups excluding carboxylic acids is 3. The molecule has 0 aromatic heterocycles. The van der Waals surface area contributed by atoms with Gasteiger partial charge in [-0.2, -0.15) is 0 Å². The minimum Gasteiger partial charge on any atom is -0.497 e. The van der Waals surface area contributed by atoms with Crippen LogP contribution in [0.4, 0.5) is 5.69 Å². The lowest BCUT2D eigenvalue weighted by molar-refractivity contribution is -0.133. The van der Waals surface area contributed by atoms with Gasteiger partial charge in [0.15, 0.2) is 0 Å². The molecule has 1 atom stereocenters. The smallest absolute Gasteiger partial charge is 0.246 e. The number of aliphatic hydroxyl groups is 1. The molecule has 21 nitrogen and oxygen atoms in total. The Morgan fingerprint density at radius 1 is 0.566 bits per heavy atom. The zero-order chi connectivity index (χ0) is 54.0. The van der Waals surface area contributed by atoms with Gasteiger partial charge >= 0.3 is 0 Å². The number of methoxy groups -OCH3 is 1. The summed E-state index contributed by atoms with van der Waals surface area (Å²) in [7, 11) is 1.64. The van der Waals surface area contributed by atoms with E-state index in [-0.39, 0.29) is 26.4 Å². The third-order valence-corrected chi connectivity index (χ3v) is 11.3. The van der Waals surface area contributed by atoms with Crippen LogP contribution in [-0.4, -0.2) is 175 Å². The second-order valence-electron chi connectivity index (χ2n) is 16.8. The number of hydrogen-bond acceptors (Lipinski definition) is 16. The summed E-state index contributed by atoms with van der Waals surface area (Å²) < 4.78 is 54.5. The standard InChI is InChI=1S/C55H77N7O14/c1-67-50-21-17-48(18-22-50)55(46-10-4-2-5-11-46,47-12-6-3-7-13-47)58-23-9-8-14-51(54(66)60-49-19-15-45(42-63)16-20-49)61-53(65)44-76-43-52(64)57-24-26-68-28-30-70-32-34-72-36-38-74-40-41-75-39-37-73-35-33-71-31-29-69-27-25-59-62-56/h2-7,10-13,15-22,51,58,63H,8-9,14,23-44H2,1H3,(H,57,64)(H,60,66)(H,61,65). The molecule has 4 rings (SSSR count). The fourth-order valence-corrected chi connectivity index (χ4v) is 7.54. The van der Waals surface area contributed by atoms with Crippen LogP contribution in [0.15, 0.2) is 114 Å². The first-order valence-electron chi connectivity index (χ1n) is 25.7. The van der Waals surface area contributed by atoms with E-state index in [9.17, 15) is 19.5 Å². The molecule has 21 heteroatoms. The van der Waals surface area contributed by atoms with Crippen LogP contribution in [0.5, 0.6) is 5.75 Å². The lowest BCUT2D eigenvalue weighted by Gasteiger charge is -2.37. The monoisotopic (exact) mass is 1060 g/mol. The molecule has 4 aromatic carbocycles. The van der Waals surface area contributed by atoms with Crippen molar-refractivity contribution < 1.29 is 66.9 Å². The van der Waals surface area contributed by atoms with Gasteiger partial charge in [0.1, 0.15) is 25.0 Å². The molecule has 0 fully saturated rings. The summed E-state index contributed by atoms with van der Waals surface area (Å²) in [5.74, 6) is -0.623. The molecule has 0 saturated carbocycles. The molecule has 0 bridgehead atoms. The lowest BCUT2D eigenvalue weighted by Crippen LogP contribution is -2.46. The maximum absolute atomic E-state index is 13.7. The Morgan fingerprint density at radius 2 is 1.04 bits per heavy atom. The second-order valence-corrected chi connectivity index (χ2v) is 16.8. The number of benzene rings is 4. The maximum Gasteiger partial charge on any atom is 0.246 e. The topological polar surface area (TPSA) is 261 Å². The molecule has 76 heavy (non-hydrogen) atoms. The van der Waals surface area contributed by atoms with Crippen LogP contribution in [0.25, 0.3) is 10.4 Å². The first-order chi connectivity index (χ1) is 37.4. The minimum atomic E-state index is -0.902. The van der Waals surface area contributed by atoms with Gasteiger partial charge in [0.05, 0.1) is 125 Å². The predicted molar refractivity (Wildman–Crippen MR) is 285 cm³/mol. The highest BCUT2D eigenvalue weighted by Crippen LogP contribution is 2.37. The average molecular weight is 1060 g/mol. The molecule has 0 heterocycles. The number of azide groups is 1. The molecule has 4 aromatic rings. The Kier molecular flexibility index (Phi) is 33.1. The Morgan fingerprint density at radius 3 is 1.53 bits per heavy atom. The Balaban J connectivity index is 1.06. The molecule has 3 amide bonds. The molecule has 0 radical (unpaired) electrons. The van der Waals surface area contributed by atoms with E-state index >= 15 is 0 Å². The number of carbonyl (C=O) groups is 3. The molecule has 0 spiro atoms. The summed E-state index contributed by atoms with van der Waals surface area (Å²) in [5.41, 5.74) is 11.9. The Labute approximate surface area is 446 Å². The van der Waals surface area contributed by atoms with Gasteiger partial charge in [0.2, 0.25) is 17.7 Å². The number of unbranched alkanes of at least 4 members (excludes halogenated alkanes) is 1. The highest BCUT2D eigenvalue weighted by atomic mass is 16.6. The van der Waals surface area contributed by atoms with Gasteiger partial charge < -0.3 is 68.4 Å². The molecule has 0 saturated heterocycles. The van der Waals surface area contributed by atoms with Crippen LogP contribution >= 0.6 is 0 Å². The molecular formula is C55H77N7O14. The van der Waals surface area contributed by atoms with Gasteiger partial charge in [-0.25, -0.2) is 0 Å². The van der Waals surface area contributed by atoms with E-state index in [0.29, 0.717) is 143 Å². The molecule has 0 aliphatic carbocycles. The molecule has 5 N–H and O–H groups in total. The maximum atomic E-state index is 13.7. The quantitative estimate of drug-likeness (QED) is 0.0129. The summed E-state index contributed by atoms with van der Waals surface area (Å²) in [6.45, 7) is 6.76. The van der Waals surface area contributed by atoms with Crippen molar-refractivity contribution in [1.82, 2.24) is 16.0 Å². The van der Waals surface area contributed by atoms with E-state index in [1.165, 1.54) is 0 Å². The van der Waals surface area contributed by atoms with Gasteiger partial charge in [-0.15, -0.1) is 0 Å². The summed E-state index contributed by atoms with van der Waals surface area (Å²) in [5, 5.41) is 25.1. The largest absolute Gasteiger partial charge is 0.497 e. The van der Waals surface area contributed by atoms with E-state index in [0.717, 1.165) is 22.4 Å². The number of hydrogen-bond donors (Lipinski definition) is 5. The number of rotatable bonds is 45. The van der Waals surface area contributed by atoms with Crippen molar-refractivity contribution in [2.75, 3.05) is 151 Å². The highest BCUT2D eigenvalue weighted by Gasteiger charge is 2.36. The van der Waals surface area contributed by atoms with Crippen molar-refractivity contribution in [3.63, 3.8) is 0 Å². The summed E-state index contributed by atoms with van der Waals surface area (Å²) in [6.07, 6.45) is 1.58. The van der Waals surface area contributed by atoms with Crippen LogP contribution in [-0.2, 0) is 69.2 Å². The van der Waals surface area contributed by atoms with E-state index < -0.39 is 35.9 Å². The van der Waals surface area contributed by atoms with Gasteiger partial charge in [0.25, 0.3) is 0 Å². The predicted octanol–water partition coefficient (Wildman–Crippen LogP) is 4.94. The molecule has 0 aliphatic rings. The van der Waals surface area contributed by atoms with Crippen LogP contribution in [0, 0.1) is 0 Å². The summed E-state index contributed by atoms with van der Waals surface area (Å²) in [6, 6.07) is 34.4. The summed E-state index contributed by atoms with van der Waals surface area (Å²) >= 11 is 0. The van der Waals surface area contributed by atoms with Crippen molar-refractivity contribution in [3.05, 3.63) is 142 Å². The number of anilines is 1. The fourth-order valence-electron chi connectivity index (χ4n) is 7.54. The van der Waals surface area contributed by atoms with Crippen LogP contribution < -0.4 is 26.0 Å². The minimum absolute atomic E-state index is 0.132. The lowest BCUT2D eigenvalue weighted by atomic mass is 9.77. The van der Waals surface area contributed by atoms with Crippen molar-refractivity contribution in [2.24, 2.45) is 5.11 Å². The molecule has 0 aliphatic heterocycles. The van der Waals surface area contributed by atoms with Crippen molar-refractivity contribution >= 4 is 23.4 Å². The first-order valence-corrected chi connectivity index (χ1v) is 25.7. The zero-order valence-electron chi connectivity index (χ0n) is 43.7. The number of amides is 3. The fraction of sp³-hybridized carbons (Fsp3) is 0.509. The number of aliphatic hydroxyl groups excluding tert-OH is 1. The average Bonchev–Trinajstić information content (AvgIpc) is 3.45. The Hall–Kier alpha value is -6.04. The number of nitrogens with zero attached hydrogens (tertiary/aromatic N) is 3. The van der Waals surface area contributed by atoms with Crippen molar-refractivity contribution in [1.29, 1.82) is 0 Å². The van der Waals surface area contributed by atoms with Gasteiger partial charge in [-0.05, 0) is 77.9 Å².